The average Bonchev–Trinajstić information content (AvgIpc) is 2.23. The molecule has 1 atom stereocenters. The molecule has 0 unspecified atom stereocenters. The van der Waals surface area contributed by atoms with Crippen LogP contribution in [0.2, 0.25) is 0 Å². The molecule has 1 aromatic heterocycles. The topological polar surface area (TPSA) is 47.0 Å². The zero-order valence-electron chi connectivity index (χ0n) is 7.74. The van der Waals surface area contributed by atoms with Crippen molar-refractivity contribution in [2.75, 3.05) is 13.1 Å². The Morgan fingerprint density at radius 3 is 2.86 bits per heavy atom. The van der Waals surface area contributed by atoms with Crippen molar-refractivity contribution in [3.05, 3.63) is 18.2 Å². The number of rotatable bonds is 2. The summed E-state index contributed by atoms with van der Waals surface area (Å²) in [6.45, 7) is 1.84. The molecule has 0 saturated carbocycles. The maximum absolute atomic E-state index is 12.5. The van der Waals surface area contributed by atoms with Crippen LogP contribution in [0.5, 0.6) is 6.01 Å². The van der Waals surface area contributed by atoms with E-state index < -0.39 is 5.82 Å². The van der Waals surface area contributed by atoms with Gasteiger partial charge in [-0.1, -0.05) is 0 Å². The Morgan fingerprint density at radius 2 is 2.21 bits per heavy atom. The van der Waals surface area contributed by atoms with E-state index in [9.17, 15) is 4.39 Å². The summed E-state index contributed by atoms with van der Waals surface area (Å²) in [5.74, 6) is -0.445. The highest BCUT2D eigenvalue weighted by molar-refractivity contribution is 4.96. The molecule has 0 spiro atoms. The molecule has 0 amide bonds. The number of aromatic nitrogens is 2. The second kappa shape index (κ2) is 4.32. The molecule has 76 valence electrons. The van der Waals surface area contributed by atoms with Gasteiger partial charge in [0.05, 0.1) is 12.4 Å². The van der Waals surface area contributed by atoms with E-state index in [4.69, 9.17) is 4.74 Å². The van der Waals surface area contributed by atoms with Crippen molar-refractivity contribution in [2.24, 2.45) is 0 Å². The summed E-state index contributed by atoms with van der Waals surface area (Å²) in [4.78, 5) is 7.47. The van der Waals surface area contributed by atoms with Gasteiger partial charge in [-0.2, -0.15) is 0 Å². The Labute approximate surface area is 81.5 Å². The second-order valence-corrected chi connectivity index (χ2v) is 3.27. The fraction of sp³-hybridized carbons (Fsp3) is 0.556. The van der Waals surface area contributed by atoms with Crippen LogP contribution in [-0.4, -0.2) is 29.2 Å². The smallest absolute Gasteiger partial charge is 0.316 e. The summed E-state index contributed by atoms with van der Waals surface area (Å²) in [5.41, 5.74) is 0. The van der Waals surface area contributed by atoms with E-state index >= 15 is 0 Å². The SMILES string of the molecule is Fc1cnc(O[C@H]2CCCNC2)nc1. The van der Waals surface area contributed by atoms with Gasteiger partial charge in [0.1, 0.15) is 6.10 Å². The number of hydrogen-bond acceptors (Lipinski definition) is 4. The predicted molar refractivity (Wildman–Crippen MR) is 48.5 cm³/mol. The first-order valence-electron chi connectivity index (χ1n) is 4.69. The van der Waals surface area contributed by atoms with Gasteiger partial charge in [0, 0.05) is 6.54 Å². The van der Waals surface area contributed by atoms with Gasteiger partial charge in [0.2, 0.25) is 0 Å². The lowest BCUT2D eigenvalue weighted by Gasteiger charge is -2.22. The number of ether oxygens (including phenoxy) is 1. The van der Waals surface area contributed by atoms with Gasteiger partial charge in [-0.05, 0) is 19.4 Å². The minimum Gasteiger partial charge on any atom is -0.459 e. The van der Waals surface area contributed by atoms with Crippen molar-refractivity contribution in [3.8, 4) is 6.01 Å². The number of nitrogens with zero attached hydrogens (tertiary/aromatic N) is 2. The van der Waals surface area contributed by atoms with Crippen LogP contribution in [0.15, 0.2) is 12.4 Å². The van der Waals surface area contributed by atoms with Crippen LogP contribution in [0.25, 0.3) is 0 Å². The molecule has 14 heavy (non-hydrogen) atoms. The van der Waals surface area contributed by atoms with Crippen LogP contribution in [0.3, 0.4) is 0 Å². The van der Waals surface area contributed by atoms with Crippen molar-refractivity contribution in [3.63, 3.8) is 0 Å². The molecule has 1 saturated heterocycles. The largest absolute Gasteiger partial charge is 0.459 e. The standard InChI is InChI=1S/C9H12FN3O/c10-7-4-12-9(13-5-7)14-8-2-1-3-11-6-8/h4-5,8,11H,1-3,6H2/t8-/m0/s1. The number of halogens is 1. The van der Waals surface area contributed by atoms with Gasteiger partial charge >= 0.3 is 6.01 Å². The van der Waals surface area contributed by atoms with Crippen LogP contribution >= 0.6 is 0 Å². The molecule has 0 bridgehead atoms. The van der Waals surface area contributed by atoms with Crippen molar-refractivity contribution in [1.82, 2.24) is 15.3 Å². The van der Waals surface area contributed by atoms with Crippen molar-refractivity contribution < 1.29 is 9.13 Å². The summed E-state index contributed by atoms with van der Waals surface area (Å²) in [6.07, 6.45) is 4.41. The molecular formula is C9H12FN3O. The summed E-state index contributed by atoms with van der Waals surface area (Å²) in [6, 6.07) is 0.250. The molecule has 1 aliphatic heterocycles. The first-order valence-corrected chi connectivity index (χ1v) is 4.69. The van der Waals surface area contributed by atoms with Crippen LogP contribution in [0, 0.1) is 5.82 Å². The number of piperidine rings is 1. The summed E-state index contributed by atoms with van der Waals surface area (Å²) >= 11 is 0. The molecule has 1 aromatic rings. The monoisotopic (exact) mass is 197 g/mol. The average molecular weight is 197 g/mol. The lowest BCUT2D eigenvalue weighted by Crippen LogP contribution is -2.37. The van der Waals surface area contributed by atoms with Crippen LogP contribution in [-0.2, 0) is 0 Å². The molecule has 5 heteroatoms. The van der Waals surface area contributed by atoms with Gasteiger partial charge in [0.15, 0.2) is 5.82 Å². The van der Waals surface area contributed by atoms with E-state index in [2.05, 4.69) is 15.3 Å². The van der Waals surface area contributed by atoms with Crippen LogP contribution in [0.1, 0.15) is 12.8 Å². The zero-order chi connectivity index (χ0) is 9.80. The van der Waals surface area contributed by atoms with E-state index in [1.165, 1.54) is 0 Å². The molecule has 0 aliphatic carbocycles. The first kappa shape index (κ1) is 9.33. The van der Waals surface area contributed by atoms with E-state index in [1.54, 1.807) is 0 Å². The quantitative estimate of drug-likeness (QED) is 0.759. The Kier molecular flexibility index (Phi) is 2.88. The Bertz CT molecular complexity index is 285. The second-order valence-electron chi connectivity index (χ2n) is 3.27. The third-order valence-corrected chi connectivity index (χ3v) is 2.12. The van der Waals surface area contributed by atoms with Crippen LogP contribution in [0.4, 0.5) is 4.39 Å². The van der Waals surface area contributed by atoms with Crippen molar-refractivity contribution in [2.45, 2.75) is 18.9 Å². The Balaban J connectivity index is 1.92. The molecule has 1 fully saturated rings. The van der Waals surface area contributed by atoms with Gasteiger partial charge < -0.3 is 10.1 Å². The summed E-state index contributed by atoms with van der Waals surface area (Å²) in [7, 11) is 0. The Morgan fingerprint density at radius 1 is 1.43 bits per heavy atom. The van der Waals surface area contributed by atoms with E-state index in [0.29, 0.717) is 0 Å². The molecule has 1 aliphatic rings. The van der Waals surface area contributed by atoms with Crippen molar-refractivity contribution in [1.29, 1.82) is 0 Å². The summed E-state index contributed by atoms with van der Waals surface area (Å²) in [5, 5.41) is 3.21. The van der Waals surface area contributed by atoms with Gasteiger partial charge in [-0.3, -0.25) is 0 Å². The Hall–Kier alpha value is -1.23. The zero-order valence-corrected chi connectivity index (χ0v) is 7.74. The summed E-state index contributed by atoms with van der Waals surface area (Å²) < 4.78 is 17.9. The predicted octanol–water partition coefficient (Wildman–Crippen LogP) is 0.747. The lowest BCUT2D eigenvalue weighted by molar-refractivity contribution is 0.153. The molecule has 2 heterocycles. The van der Waals surface area contributed by atoms with Crippen molar-refractivity contribution >= 4 is 0 Å². The van der Waals surface area contributed by atoms with Gasteiger partial charge in [-0.15, -0.1) is 0 Å². The third kappa shape index (κ3) is 2.38. The highest BCUT2D eigenvalue weighted by atomic mass is 19.1. The molecular weight excluding hydrogens is 185 g/mol. The van der Waals surface area contributed by atoms with Crippen LogP contribution < -0.4 is 10.1 Å². The molecule has 1 N–H and O–H groups in total. The molecule has 0 aromatic carbocycles. The third-order valence-electron chi connectivity index (χ3n) is 2.12. The molecule has 0 radical (unpaired) electrons. The highest BCUT2D eigenvalue weighted by Crippen LogP contribution is 2.09. The van der Waals surface area contributed by atoms with E-state index in [1.807, 2.05) is 0 Å². The fourth-order valence-corrected chi connectivity index (χ4v) is 1.43. The normalized spacial score (nSPS) is 21.9. The van der Waals surface area contributed by atoms with E-state index in [-0.39, 0.29) is 12.1 Å². The maximum Gasteiger partial charge on any atom is 0.316 e. The fourth-order valence-electron chi connectivity index (χ4n) is 1.43. The minimum absolute atomic E-state index is 0.106. The van der Waals surface area contributed by atoms with Gasteiger partial charge in [-0.25, -0.2) is 14.4 Å². The number of nitrogens with one attached hydrogen (secondary N) is 1. The van der Waals surface area contributed by atoms with Gasteiger partial charge in [0.25, 0.3) is 0 Å². The molecule has 4 nitrogen and oxygen atoms in total. The highest BCUT2D eigenvalue weighted by Gasteiger charge is 2.15. The minimum atomic E-state index is -0.445. The maximum atomic E-state index is 12.5. The number of hydrogen-bond donors (Lipinski definition) is 1. The first-order chi connectivity index (χ1) is 6.84. The van der Waals surface area contributed by atoms with E-state index in [0.717, 1.165) is 38.3 Å². The lowest BCUT2D eigenvalue weighted by atomic mass is 10.1. The molecule has 2 rings (SSSR count).